The molecule has 0 atom stereocenters. The number of aliphatic hydroxyl groups is 1. The first-order chi connectivity index (χ1) is 10.1. The maximum atomic E-state index is 9.33. The topological polar surface area (TPSA) is 49.2 Å². The van der Waals surface area contributed by atoms with Crippen LogP contribution >= 0.6 is 0 Å². The van der Waals surface area contributed by atoms with E-state index in [1.54, 1.807) is 0 Å². The van der Waals surface area contributed by atoms with E-state index in [1.165, 1.54) is 5.56 Å². The van der Waals surface area contributed by atoms with Crippen molar-refractivity contribution in [2.75, 3.05) is 18.1 Å². The smallest absolute Gasteiger partial charge is 0.226 e. The fourth-order valence-electron chi connectivity index (χ4n) is 2.19. The normalized spacial score (nSPS) is 10.9. The molecule has 0 unspecified atom stereocenters. The molecule has 1 aromatic carbocycles. The second-order valence-corrected chi connectivity index (χ2v) is 5.52. The molecule has 0 bridgehead atoms. The second kappa shape index (κ2) is 7.18. The molecule has 2 rings (SSSR count). The van der Waals surface area contributed by atoms with Crippen molar-refractivity contribution < 1.29 is 5.11 Å². The number of aromatic nitrogens is 2. The third kappa shape index (κ3) is 4.26. The Morgan fingerprint density at radius 2 is 1.86 bits per heavy atom. The van der Waals surface area contributed by atoms with E-state index >= 15 is 0 Å². The van der Waals surface area contributed by atoms with Crippen molar-refractivity contribution in [3.8, 4) is 0 Å². The largest absolute Gasteiger partial charge is 0.395 e. The zero-order valence-electron chi connectivity index (χ0n) is 13.0. The lowest BCUT2D eigenvalue weighted by molar-refractivity contribution is 0.300. The van der Waals surface area contributed by atoms with Gasteiger partial charge in [0.15, 0.2) is 0 Å². The van der Waals surface area contributed by atoms with E-state index in [9.17, 15) is 5.11 Å². The minimum Gasteiger partial charge on any atom is -0.395 e. The second-order valence-electron chi connectivity index (χ2n) is 5.52. The summed E-state index contributed by atoms with van der Waals surface area (Å²) in [6.45, 7) is 7.54. The van der Waals surface area contributed by atoms with Crippen LogP contribution in [0.1, 0.15) is 36.7 Å². The summed E-state index contributed by atoms with van der Waals surface area (Å²) in [5, 5.41) is 9.33. The molecule has 0 aliphatic heterocycles. The van der Waals surface area contributed by atoms with Gasteiger partial charge >= 0.3 is 0 Å². The molecule has 1 aromatic heterocycles. The SMILES string of the molecule is Cc1cc(C(C)C)nc(N(CCO)Cc2ccccc2)n1. The van der Waals surface area contributed by atoms with E-state index in [0.29, 0.717) is 25.0 Å². The van der Waals surface area contributed by atoms with Gasteiger partial charge in [-0.2, -0.15) is 0 Å². The number of anilines is 1. The number of aryl methyl sites for hydroxylation is 1. The van der Waals surface area contributed by atoms with Crippen molar-refractivity contribution in [2.24, 2.45) is 0 Å². The lowest BCUT2D eigenvalue weighted by atomic mass is 10.1. The average Bonchev–Trinajstić information content (AvgIpc) is 2.47. The Morgan fingerprint density at radius 3 is 2.48 bits per heavy atom. The Morgan fingerprint density at radius 1 is 1.14 bits per heavy atom. The van der Waals surface area contributed by atoms with E-state index in [1.807, 2.05) is 36.1 Å². The Labute approximate surface area is 126 Å². The summed E-state index contributed by atoms with van der Waals surface area (Å²) < 4.78 is 0. The Kier molecular flexibility index (Phi) is 5.28. The highest BCUT2D eigenvalue weighted by Crippen LogP contribution is 2.18. The molecule has 4 nitrogen and oxygen atoms in total. The monoisotopic (exact) mass is 285 g/mol. The van der Waals surface area contributed by atoms with Crippen LogP contribution in [-0.4, -0.2) is 28.2 Å². The minimum atomic E-state index is 0.0845. The van der Waals surface area contributed by atoms with Crippen LogP contribution in [0, 0.1) is 6.92 Å². The van der Waals surface area contributed by atoms with Gasteiger partial charge in [0.25, 0.3) is 0 Å². The third-order valence-electron chi connectivity index (χ3n) is 3.32. The van der Waals surface area contributed by atoms with Crippen molar-refractivity contribution in [1.82, 2.24) is 9.97 Å². The Hall–Kier alpha value is -1.94. The van der Waals surface area contributed by atoms with Crippen LogP contribution in [0.25, 0.3) is 0 Å². The molecule has 21 heavy (non-hydrogen) atoms. The molecular weight excluding hydrogens is 262 g/mol. The van der Waals surface area contributed by atoms with E-state index in [0.717, 1.165) is 11.4 Å². The highest BCUT2D eigenvalue weighted by Gasteiger charge is 2.13. The van der Waals surface area contributed by atoms with Crippen LogP contribution in [0.5, 0.6) is 0 Å². The predicted molar refractivity (Wildman–Crippen MR) is 85.4 cm³/mol. The van der Waals surface area contributed by atoms with Gasteiger partial charge in [0.05, 0.1) is 6.61 Å². The summed E-state index contributed by atoms with van der Waals surface area (Å²) >= 11 is 0. The predicted octanol–water partition coefficient (Wildman–Crippen LogP) is 2.91. The summed E-state index contributed by atoms with van der Waals surface area (Å²) in [6.07, 6.45) is 0. The lowest BCUT2D eigenvalue weighted by Gasteiger charge is -2.23. The van der Waals surface area contributed by atoms with Crippen molar-refractivity contribution in [3.05, 3.63) is 53.3 Å². The molecule has 0 aliphatic carbocycles. The molecule has 0 amide bonds. The summed E-state index contributed by atoms with van der Waals surface area (Å²) in [4.78, 5) is 11.2. The van der Waals surface area contributed by atoms with E-state index in [2.05, 4.69) is 35.9 Å². The van der Waals surface area contributed by atoms with Crippen molar-refractivity contribution in [3.63, 3.8) is 0 Å². The van der Waals surface area contributed by atoms with E-state index < -0.39 is 0 Å². The molecule has 0 spiro atoms. The summed E-state index contributed by atoms with van der Waals surface area (Å²) in [6, 6.07) is 12.2. The van der Waals surface area contributed by atoms with Gasteiger partial charge in [0.2, 0.25) is 5.95 Å². The molecule has 112 valence electrons. The van der Waals surface area contributed by atoms with E-state index in [-0.39, 0.29) is 6.61 Å². The number of aliphatic hydroxyl groups excluding tert-OH is 1. The number of hydrogen-bond acceptors (Lipinski definition) is 4. The molecular formula is C17H23N3O. The minimum absolute atomic E-state index is 0.0845. The standard InChI is InChI=1S/C17H23N3O/c1-13(2)16-11-14(3)18-17(19-16)20(9-10-21)12-15-7-5-4-6-8-15/h4-8,11,13,21H,9-10,12H2,1-3H3. The molecule has 4 heteroatoms. The maximum absolute atomic E-state index is 9.33. The van der Waals surface area contributed by atoms with Gasteiger partial charge < -0.3 is 10.0 Å². The van der Waals surface area contributed by atoms with Gasteiger partial charge in [-0.15, -0.1) is 0 Å². The van der Waals surface area contributed by atoms with E-state index in [4.69, 9.17) is 0 Å². The molecule has 1 heterocycles. The Balaban J connectivity index is 2.29. The van der Waals surface area contributed by atoms with Crippen molar-refractivity contribution >= 4 is 5.95 Å². The molecule has 2 aromatic rings. The number of hydrogen-bond donors (Lipinski definition) is 1. The van der Waals surface area contributed by atoms with Crippen LogP contribution in [0.4, 0.5) is 5.95 Å². The third-order valence-corrected chi connectivity index (χ3v) is 3.32. The first-order valence-corrected chi connectivity index (χ1v) is 7.35. The maximum Gasteiger partial charge on any atom is 0.226 e. The van der Waals surface area contributed by atoms with Crippen molar-refractivity contribution in [1.29, 1.82) is 0 Å². The van der Waals surface area contributed by atoms with Gasteiger partial charge in [-0.1, -0.05) is 44.2 Å². The van der Waals surface area contributed by atoms with Gasteiger partial charge in [-0.05, 0) is 24.5 Å². The zero-order chi connectivity index (χ0) is 15.2. The molecule has 0 radical (unpaired) electrons. The first kappa shape index (κ1) is 15.4. The molecule has 0 saturated heterocycles. The number of rotatable bonds is 6. The van der Waals surface area contributed by atoms with Crippen LogP contribution < -0.4 is 4.90 Å². The summed E-state index contributed by atoms with van der Waals surface area (Å²) in [5.41, 5.74) is 3.18. The Bertz CT molecular complexity index is 570. The van der Waals surface area contributed by atoms with Gasteiger partial charge in [-0.3, -0.25) is 0 Å². The zero-order valence-corrected chi connectivity index (χ0v) is 13.0. The summed E-state index contributed by atoms with van der Waals surface area (Å²) in [7, 11) is 0. The lowest BCUT2D eigenvalue weighted by Crippen LogP contribution is -2.28. The van der Waals surface area contributed by atoms with Crippen LogP contribution in [0.15, 0.2) is 36.4 Å². The quantitative estimate of drug-likeness (QED) is 0.886. The highest BCUT2D eigenvalue weighted by molar-refractivity contribution is 5.35. The van der Waals surface area contributed by atoms with Gasteiger partial charge in [0.1, 0.15) is 0 Å². The fourth-order valence-corrected chi connectivity index (χ4v) is 2.19. The first-order valence-electron chi connectivity index (χ1n) is 7.35. The van der Waals surface area contributed by atoms with Gasteiger partial charge in [-0.25, -0.2) is 9.97 Å². The number of benzene rings is 1. The van der Waals surface area contributed by atoms with Crippen molar-refractivity contribution in [2.45, 2.75) is 33.2 Å². The summed E-state index contributed by atoms with van der Waals surface area (Å²) in [5.74, 6) is 1.05. The molecule has 1 N–H and O–H groups in total. The van der Waals surface area contributed by atoms with Crippen LogP contribution in [0.3, 0.4) is 0 Å². The van der Waals surface area contributed by atoms with Crippen LogP contribution in [0.2, 0.25) is 0 Å². The van der Waals surface area contributed by atoms with Gasteiger partial charge in [0, 0.05) is 24.5 Å². The van der Waals surface area contributed by atoms with Crippen LogP contribution in [-0.2, 0) is 6.54 Å². The average molecular weight is 285 g/mol. The highest BCUT2D eigenvalue weighted by atomic mass is 16.3. The molecule has 0 saturated carbocycles. The fraction of sp³-hybridized carbons (Fsp3) is 0.412. The molecule has 0 fully saturated rings. The molecule has 0 aliphatic rings. The number of nitrogens with zero attached hydrogens (tertiary/aromatic N) is 3.